The molecule has 13 heavy (non-hydrogen) atoms. The van der Waals surface area contributed by atoms with Crippen LogP contribution in [-0.4, -0.2) is 49.3 Å². The van der Waals surface area contributed by atoms with Crippen LogP contribution in [-0.2, 0) is 0 Å². The van der Waals surface area contributed by atoms with Crippen molar-refractivity contribution in [3.8, 4) is 0 Å². The fourth-order valence-corrected chi connectivity index (χ4v) is 1.29. The average molecular weight is 188 g/mol. The summed E-state index contributed by atoms with van der Waals surface area (Å²) in [6.07, 6.45) is 1.89. The van der Waals surface area contributed by atoms with Crippen molar-refractivity contribution in [2.45, 2.75) is 32.3 Å². The maximum Gasteiger partial charge on any atom is 0.0743 e. The molecular weight excluding hydrogens is 164 g/mol. The maximum atomic E-state index is 9.80. The van der Waals surface area contributed by atoms with Crippen LogP contribution in [0, 0.1) is 0 Å². The minimum atomic E-state index is -0.541. The predicted octanol–water partition coefficient (Wildman–Crippen LogP) is 0.689. The Bertz CT molecular complexity index is 124. The van der Waals surface area contributed by atoms with Crippen LogP contribution in [0.3, 0.4) is 0 Å². The summed E-state index contributed by atoms with van der Waals surface area (Å²) in [5.74, 6) is 0. The lowest BCUT2D eigenvalue weighted by molar-refractivity contribution is 0.0499. The van der Waals surface area contributed by atoms with Gasteiger partial charge in [0.05, 0.1) is 5.60 Å². The number of hydrogen-bond acceptors (Lipinski definition) is 3. The molecule has 0 bridgehead atoms. The first-order valence-electron chi connectivity index (χ1n) is 5.06. The van der Waals surface area contributed by atoms with E-state index >= 15 is 0 Å². The summed E-state index contributed by atoms with van der Waals surface area (Å²) in [6.45, 7) is 6.62. The van der Waals surface area contributed by atoms with E-state index in [2.05, 4.69) is 17.1 Å². The normalized spacial score (nSPS) is 16.2. The zero-order chi connectivity index (χ0) is 10.3. The second-order valence-electron chi connectivity index (χ2n) is 4.23. The molecule has 0 aliphatic heterocycles. The molecule has 3 heteroatoms. The summed E-state index contributed by atoms with van der Waals surface area (Å²) in [5, 5.41) is 13.1. The number of rotatable bonds is 7. The Morgan fingerprint density at radius 2 is 2.00 bits per heavy atom. The van der Waals surface area contributed by atoms with Crippen molar-refractivity contribution >= 4 is 0 Å². The Morgan fingerprint density at radius 1 is 1.38 bits per heavy atom. The number of aliphatic hydroxyl groups is 1. The summed E-state index contributed by atoms with van der Waals surface area (Å²) in [4.78, 5) is 2.13. The van der Waals surface area contributed by atoms with Crippen molar-refractivity contribution in [2.24, 2.45) is 0 Å². The first-order valence-corrected chi connectivity index (χ1v) is 5.06. The molecule has 80 valence electrons. The van der Waals surface area contributed by atoms with Gasteiger partial charge in [0.1, 0.15) is 0 Å². The van der Waals surface area contributed by atoms with Crippen molar-refractivity contribution in [1.82, 2.24) is 10.2 Å². The molecule has 0 aromatic rings. The summed E-state index contributed by atoms with van der Waals surface area (Å²) in [7, 11) is 4.09. The standard InChI is InChI=1S/C10H24N2O/c1-5-6-10(2,13)9-11-7-8-12(3)4/h11,13H,5-9H2,1-4H3. The Hall–Kier alpha value is -0.120. The van der Waals surface area contributed by atoms with E-state index in [1.165, 1.54) is 0 Å². The third-order valence-electron chi connectivity index (χ3n) is 2.03. The van der Waals surface area contributed by atoms with E-state index in [0.29, 0.717) is 6.54 Å². The highest BCUT2D eigenvalue weighted by molar-refractivity contribution is 4.74. The van der Waals surface area contributed by atoms with Crippen molar-refractivity contribution in [1.29, 1.82) is 0 Å². The minimum absolute atomic E-state index is 0.541. The molecular formula is C10H24N2O. The summed E-state index contributed by atoms with van der Waals surface area (Å²) in [6, 6.07) is 0. The van der Waals surface area contributed by atoms with Crippen LogP contribution in [0.2, 0.25) is 0 Å². The highest BCUT2D eigenvalue weighted by Gasteiger charge is 2.17. The molecule has 2 N–H and O–H groups in total. The van der Waals surface area contributed by atoms with Crippen LogP contribution in [0.15, 0.2) is 0 Å². The van der Waals surface area contributed by atoms with Crippen molar-refractivity contribution in [3.05, 3.63) is 0 Å². The van der Waals surface area contributed by atoms with Crippen LogP contribution in [0.1, 0.15) is 26.7 Å². The molecule has 0 fully saturated rings. The van der Waals surface area contributed by atoms with Gasteiger partial charge in [-0.3, -0.25) is 0 Å². The van der Waals surface area contributed by atoms with Gasteiger partial charge in [-0.15, -0.1) is 0 Å². The molecule has 0 saturated carbocycles. The van der Waals surface area contributed by atoms with Crippen LogP contribution < -0.4 is 5.32 Å². The van der Waals surface area contributed by atoms with Crippen LogP contribution in [0.5, 0.6) is 0 Å². The van der Waals surface area contributed by atoms with E-state index in [4.69, 9.17) is 0 Å². The number of nitrogens with zero attached hydrogens (tertiary/aromatic N) is 1. The smallest absolute Gasteiger partial charge is 0.0743 e. The van der Waals surface area contributed by atoms with E-state index in [9.17, 15) is 5.11 Å². The predicted molar refractivity (Wildman–Crippen MR) is 57.0 cm³/mol. The van der Waals surface area contributed by atoms with Gasteiger partial charge in [-0.2, -0.15) is 0 Å². The Kier molecular flexibility index (Phi) is 6.29. The molecule has 0 radical (unpaired) electrons. The van der Waals surface area contributed by atoms with E-state index in [1.807, 2.05) is 21.0 Å². The van der Waals surface area contributed by atoms with Crippen molar-refractivity contribution in [3.63, 3.8) is 0 Å². The van der Waals surface area contributed by atoms with Gasteiger partial charge >= 0.3 is 0 Å². The molecule has 0 spiro atoms. The lowest BCUT2D eigenvalue weighted by atomic mass is 10.0. The molecule has 1 unspecified atom stereocenters. The third kappa shape index (κ3) is 8.22. The Morgan fingerprint density at radius 3 is 2.46 bits per heavy atom. The van der Waals surface area contributed by atoms with Gasteiger partial charge in [0.25, 0.3) is 0 Å². The largest absolute Gasteiger partial charge is 0.389 e. The molecule has 3 nitrogen and oxygen atoms in total. The highest BCUT2D eigenvalue weighted by atomic mass is 16.3. The summed E-state index contributed by atoms with van der Waals surface area (Å²) < 4.78 is 0. The fraction of sp³-hybridized carbons (Fsp3) is 1.00. The van der Waals surface area contributed by atoms with Gasteiger partial charge in [0.15, 0.2) is 0 Å². The number of likely N-dealkylation sites (N-methyl/N-ethyl adjacent to an activating group) is 1. The third-order valence-corrected chi connectivity index (χ3v) is 2.03. The quantitative estimate of drug-likeness (QED) is 0.577. The Labute approximate surface area is 82.1 Å². The fourth-order valence-electron chi connectivity index (χ4n) is 1.29. The minimum Gasteiger partial charge on any atom is -0.389 e. The average Bonchev–Trinajstić information content (AvgIpc) is 1.98. The van der Waals surface area contributed by atoms with E-state index < -0.39 is 5.60 Å². The monoisotopic (exact) mass is 188 g/mol. The molecule has 0 rings (SSSR count). The zero-order valence-electron chi connectivity index (χ0n) is 9.43. The number of hydrogen-bond donors (Lipinski definition) is 2. The summed E-state index contributed by atoms with van der Waals surface area (Å²) >= 11 is 0. The molecule has 0 aliphatic carbocycles. The number of nitrogens with one attached hydrogen (secondary N) is 1. The second kappa shape index (κ2) is 6.35. The van der Waals surface area contributed by atoms with Gasteiger partial charge in [-0.1, -0.05) is 13.3 Å². The van der Waals surface area contributed by atoms with Crippen molar-refractivity contribution < 1.29 is 5.11 Å². The van der Waals surface area contributed by atoms with E-state index in [0.717, 1.165) is 25.9 Å². The highest BCUT2D eigenvalue weighted by Crippen LogP contribution is 2.09. The lowest BCUT2D eigenvalue weighted by Gasteiger charge is -2.23. The maximum absolute atomic E-state index is 9.80. The molecule has 0 aromatic carbocycles. The Balaban J connectivity index is 3.40. The first kappa shape index (κ1) is 12.9. The van der Waals surface area contributed by atoms with Crippen LogP contribution in [0.25, 0.3) is 0 Å². The molecule has 0 saturated heterocycles. The first-order chi connectivity index (χ1) is 5.98. The van der Waals surface area contributed by atoms with Crippen LogP contribution in [0.4, 0.5) is 0 Å². The van der Waals surface area contributed by atoms with Crippen LogP contribution >= 0.6 is 0 Å². The van der Waals surface area contributed by atoms with Gasteiger partial charge in [0.2, 0.25) is 0 Å². The SMILES string of the molecule is CCCC(C)(O)CNCCN(C)C. The van der Waals surface area contributed by atoms with Gasteiger partial charge in [0, 0.05) is 19.6 Å². The molecule has 1 atom stereocenters. The van der Waals surface area contributed by atoms with E-state index in [-0.39, 0.29) is 0 Å². The topological polar surface area (TPSA) is 35.5 Å². The molecule has 0 heterocycles. The second-order valence-corrected chi connectivity index (χ2v) is 4.23. The van der Waals surface area contributed by atoms with Gasteiger partial charge < -0.3 is 15.3 Å². The van der Waals surface area contributed by atoms with Gasteiger partial charge in [-0.25, -0.2) is 0 Å². The summed E-state index contributed by atoms with van der Waals surface area (Å²) in [5.41, 5.74) is -0.541. The van der Waals surface area contributed by atoms with Crippen molar-refractivity contribution in [2.75, 3.05) is 33.7 Å². The zero-order valence-corrected chi connectivity index (χ0v) is 9.43. The molecule has 0 aliphatic rings. The van der Waals surface area contributed by atoms with E-state index in [1.54, 1.807) is 0 Å². The molecule has 0 aromatic heterocycles. The molecule has 0 amide bonds. The lowest BCUT2D eigenvalue weighted by Crippen LogP contribution is -2.40. The van der Waals surface area contributed by atoms with Gasteiger partial charge in [-0.05, 0) is 27.4 Å².